The quantitative estimate of drug-likeness (QED) is 0.511. The van der Waals surface area contributed by atoms with Gasteiger partial charge in [0, 0.05) is 5.56 Å². The van der Waals surface area contributed by atoms with Crippen LogP contribution in [0.15, 0.2) is 60.7 Å². The van der Waals surface area contributed by atoms with E-state index in [2.05, 4.69) is 0 Å². The van der Waals surface area contributed by atoms with Crippen molar-refractivity contribution in [1.82, 2.24) is 0 Å². The highest BCUT2D eigenvalue weighted by Crippen LogP contribution is 2.48. The standard InChI is InChI=1S/C22H16Cl2FNO4S/c23-18-8-5-13(9-19(18)24)12-31(29,30)26-20-4-2-1-3-16(20)15-7-6-14(25)10-17(15)21(26)11-22(27)28/h1-10,21H,11-12H2,(H,27,28). The first-order valence-electron chi connectivity index (χ1n) is 9.24. The number of hydrogen-bond acceptors (Lipinski definition) is 3. The highest BCUT2D eigenvalue weighted by Gasteiger charge is 2.39. The van der Waals surface area contributed by atoms with E-state index >= 15 is 0 Å². The van der Waals surface area contributed by atoms with Crippen LogP contribution >= 0.6 is 23.2 Å². The molecule has 0 fully saturated rings. The topological polar surface area (TPSA) is 74.7 Å². The molecular formula is C22H16Cl2FNO4S. The van der Waals surface area contributed by atoms with E-state index < -0.39 is 40.0 Å². The number of fused-ring (bicyclic) bond motifs is 3. The molecule has 0 saturated carbocycles. The minimum Gasteiger partial charge on any atom is -0.481 e. The summed E-state index contributed by atoms with van der Waals surface area (Å²) in [7, 11) is -4.08. The number of benzene rings is 3. The van der Waals surface area contributed by atoms with Crippen LogP contribution in [0.2, 0.25) is 10.0 Å². The van der Waals surface area contributed by atoms with E-state index in [0.717, 1.165) is 4.31 Å². The van der Waals surface area contributed by atoms with E-state index in [1.165, 1.54) is 24.3 Å². The lowest BCUT2D eigenvalue weighted by Gasteiger charge is -2.38. The molecule has 160 valence electrons. The fraction of sp³-hybridized carbons (Fsp3) is 0.136. The molecule has 0 bridgehead atoms. The van der Waals surface area contributed by atoms with E-state index in [9.17, 15) is 22.7 Å². The molecule has 0 aromatic heterocycles. The van der Waals surface area contributed by atoms with Crippen molar-refractivity contribution in [3.05, 3.63) is 87.7 Å². The average Bonchev–Trinajstić information content (AvgIpc) is 2.70. The summed E-state index contributed by atoms with van der Waals surface area (Å²) in [5.41, 5.74) is 2.22. The molecule has 0 aliphatic carbocycles. The Bertz CT molecular complexity index is 1300. The van der Waals surface area contributed by atoms with Crippen molar-refractivity contribution in [2.75, 3.05) is 4.31 Å². The summed E-state index contributed by atoms with van der Waals surface area (Å²) in [4.78, 5) is 11.6. The van der Waals surface area contributed by atoms with Crippen LogP contribution in [-0.4, -0.2) is 19.5 Å². The molecule has 3 aromatic rings. The first-order valence-corrected chi connectivity index (χ1v) is 11.6. The Balaban J connectivity index is 1.89. The van der Waals surface area contributed by atoms with Crippen LogP contribution in [0.5, 0.6) is 0 Å². The molecule has 1 aliphatic heterocycles. The Morgan fingerprint density at radius 3 is 2.45 bits per heavy atom. The summed E-state index contributed by atoms with van der Waals surface area (Å²) in [5, 5.41) is 10.0. The van der Waals surface area contributed by atoms with E-state index in [4.69, 9.17) is 23.2 Å². The zero-order chi connectivity index (χ0) is 22.3. The SMILES string of the molecule is O=C(O)CC1c2cc(F)ccc2-c2ccccc2N1S(=O)(=O)Cc1ccc(Cl)c(Cl)c1. The lowest BCUT2D eigenvalue weighted by atomic mass is 9.88. The fourth-order valence-corrected chi connectivity index (χ4v) is 5.95. The molecule has 0 amide bonds. The second kappa shape index (κ2) is 8.15. The smallest absolute Gasteiger partial charge is 0.305 e. The fourth-order valence-electron chi connectivity index (χ4n) is 3.85. The van der Waals surface area contributed by atoms with Crippen molar-refractivity contribution in [3.8, 4) is 11.1 Å². The zero-order valence-corrected chi connectivity index (χ0v) is 18.3. The second-order valence-corrected chi connectivity index (χ2v) is 9.82. The molecule has 1 aliphatic rings. The van der Waals surface area contributed by atoms with Gasteiger partial charge in [0.2, 0.25) is 10.0 Å². The van der Waals surface area contributed by atoms with E-state index in [-0.39, 0.29) is 5.02 Å². The highest BCUT2D eigenvalue weighted by atomic mass is 35.5. The van der Waals surface area contributed by atoms with Crippen molar-refractivity contribution in [2.45, 2.75) is 18.2 Å². The van der Waals surface area contributed by atoms with Crippen LogP contribution in [0.3, 0.4) is 0 Å². The highest BCUT2D eigenvalue weighted by molar-refractivity contribution is 7.92. The molecule has 4 rings (SSSR count). The van der Waals surface area contributed by atoms with Gasteiger partial charge in [-0.25, -0.2) is 12.8 Å². The average molecular weight is 480 g/mol. The Kier molecular flexibility index (Phi) is 5.68. The largest absolute Gasteiger partial charge is 0.481 e. The van der Waals surface area contributed by atoms with Crippen LogP contribution in [0.25, 0.3) is 11.1 Å². The number of nitrogens with zero attached hydrogens (tertiary/aromatic N) is 1. The van der Waals surface area contributed by atoms with Gasteiger partial charge in [0.05, 0.1) is 33.9 Å². The molecule has 1 N–H and O–H groups in total. The molecule has 1 atom stereocenters. The maximum atomic E-state index is 14.1. The normalized spacial score (nSPS) is 15.3. The second-order valence-electron chi connectivity index (χ2n) is 7.16. The minimum absolute atomic E-state index is 0.211. The van der Waals surface area contributed by atoms with Gasteiger partial charge in [-0.05, 0) is 47.0 Å². The summed E-state index contributed by atoms with van der Waals surface area (Å²) >= 11 is 12.0. The van der Waals surface area contributed by atoms with Gasteiger partial charge >= 0.3 is 5.97 Å². The van der Waals surface area contributed by atoms with Gasteiger partial charge < -0.3 is 5.11 Å². The Labute approximate surface area is 188 Å². The lowest BCUT2D eigenvalue weighted by Crippen LogP contribution is -2.39. The zero-order valence-electron chi connectivity index (χ0n) is 15.9. The summed E-state index contributed by atoms with van der Waals surface area (Å²) < 4.78 is 42.3. The minimum atomic E-state index is -4.08. The summed E-state index contributed by atoms with van der Waals surface area (Å²) in [5.74, 6) is -2.21. The molecule has 3 aromatic carbocycles. The Morgan fingerprint density at radius 2 is 1.74 bits per heavy atom. The summed E-state index contributed by atoms with van der Waals surface area (Å²) in [6.07, 6.45) is -0.522. The van der Waals surface area contributed by atoms with E-state index in [0.29, 0.717) is 33.0 Å². The Hall–Kier alpha value is -2.61. The van der Waals surface area contributed by atoms with Crippen LogP contribution in [0, 0.1) is 5.82 Å². The maximum Gasteiger partial charge on any atom is 0.305 e. The van der Waals surface area contributed by atoms with Crippen LogP contribution < -0.4 is 4.31 Å². The third-order valence-corrected chi connectivity index (χ3v) is 7.58. The molecule has 5 nitrogen and oxygen atoms in total. The van der Waals surface area contributed by atoms with Gasteiger partial charge in [-0.2, -0.15) is 0 Å². The predicted octanol–water partition coefficient (Wildman–Crippen LogP) is 5.67. The maximum absolute atomic E-state index is 14.1. The predicted molar refractivity (Wildman–Crippen MR) is 118 cm³/mol. The van der Waals surface area contributed by atoms with Crippen LogP contribution in [0.4, 0.5) is 10.1 Å². The number of aliphatic carboxylic acids is 1. The van der Waals surface area contributed by atoms with Crippen molar-refractivity contribution >= 4 is 44.9 Å². The molecule has 0 radical (unpaired) electrons. The van der Waals surface area contributed by atoms with Crippen molar-refractivity contribution < 1.29 is 22.7 Å². The first-order chi connectivity index (χ1) is 14.7. The van der Waals surface area contributed by atoms with Gasteiger partial charge in [-0.1, -0.05) is 53.5 Å². The van der Waals surface area contributed by atoms with Gasteiger partial charge in [0.25, 0.3) is 0 Å². The molecule has 1 heterocycles. The Morgan fingerprint density at radius 1 is 1.00 bits per heavy atom. The first kappa shape index (κ1) is 21.6. The molecule has 0 saturated heterocycles. The number of anilines is 1. The number of hydrogen-bond donors (Lipinski definition) is 1. The van der Waals surface area contributed by atoms with Gasteiger partial charge in [-0.3, -0.25) is 9.10 Å². The molecule has 0 spiro atoms. The number of para-hydroxylation sites is 1. The summed E-state index contributed by atoms with van der Waals surface area (Å²) in [6, 6.07) is 14.2. The number of rotatable bonds is 5. The van der Waals surface area contributed by atoms with Crippen molar-refractivity contribution in [1.29, 1.82) is 0 Å². The van der Waals surface area contributed by atoms with E-state index in [1.807, 2.05) is 0 Å². The molecule has 31 heavy (non-hydrogen) atoms. The van der Waals surface area contributed by atoms with Crippen LogP contribution in [0.1, 0.15) is 23.6 Å². The van der Waals surface area contributed by atoms with Crippen molar-refractivity contribution in [3.63, 3.8) is 0 Å². The third kappa shape index (κ3) is 4.13. The molecule has 1 unspecified atom stereocenters. The number of carbonyl (C=O) groups is 1. The van der Waals surface area contributed by atoms with Gasteiger partial charge in [-0.15, -0.1) is 0 Å². The number of carboxylic acids is 1. The van der Waals surface area contributed by atoms with E-state index in [1.54, 1.807) is 36.4 Å². The number of halogens is 3. The lowest BCUT2D eigenvalue weighted by molar-refractivity contribution is -0.137. The number of carboxylic acid groups (broad SMARTS) is 1. The van der Waals surface area contributed by atoms with Crippen LogP contribution in [-0.2, 0) is 20.6 Å². The molecule has 9 heteroatoms. The number of sulfonamides is 1. The molecular weight excluding hydrogens is 464 g/mol. The van der Waals surface area contributed by atoms with Gasteiger partial charge in [0.1, 0.15) is 5.82 Å². The monoisotopic (exact) mass is 479 g/mol. The summed E-state index contributed by atoms with van der Waals surface area (Å²) in [6.45, 7) is 0. The van der Waals surface area contributed by atoms with Gasteiger partial charge in [0.15, 0.2) is 0 Å². The van der Waals surface area contributed by atoms with Crippen molar-refractivity contribution in [2.24, 2.45) is 0 Å². The third-order valence-electron chi connectivity index (χ3n) is 5.09.